The molecule has 6 nitrogen and oxygen atoms in total. The van der Waals surface area contributed by atoms with Crippen LogP contribution in [0.15, 0.2) is 23.1 Å². The maximum atomic E-state index is 12.6. The molecule has 92 valence electrons. The second kappa shape index (κ2) is 4.50. The minimum Gasteiger partial charge on any atom is -0.478 e. The summed E-state index contributed by atoms with van der Waals surface area (Å²) in [6.45, 7) is 1.05. The fraction of sp³-hybridized carbons (Fsp3) is 0.111. The zero-order chi connectivity index (χ0) is 13.2. The molecule has 0 bridgehead atoms. The van der Waals surface area contributed by atoms with E-state index in [0.717, 1.165) is 19.1 Å². The quantitative estimate of drug-likeness (QED) is 0.495. The largest absolute Gasteiger partial charge is 0.478 e. The Hall–Kier alpha value is -1.96. The third-order valence-corrected chi connectivity index (χ3v) is 2.53. The molecule has 0 unspecified atom stereocenters. The number of benzene rings is 1. The van der Waals surface area contributed by atoms with E-state index in [0.29, 0.717) is 6.07 Å². The topological polar surface area (TPSA) is 97.7 Å². The Labute approximate surface area is 95.8 Å². The summed E-state index contributed by atoms with van der Waals surface area (Å²) in [6, 6.07) is 2.29. The van der Waals surface area contributed by atoms with Gasteiger partial charge in [0.25, 0.3) is 0 Å². The average molecular weight is 262 g/mol. The van der Waals surface area contributed by atoms with Gasteiger partial charge in [-0.2, -0.15) is 8.42 Å². The van der Waals surface area contributed by atoms with Crippen LogP contribution in [0.2, 0.25) is 0 Å². The van der Waals surface area contributed by atoms with Crippen molar-refractivity contribution in [2.45, 2.75) is 11.8 Å². The third kappa shape index (κ3) is 3.25. The van der Waals surface area contributed by atoms with Crippen LogP contribution in [-0.2, 0) is 15.0 Å². The Kier molecular flexibility index (Phi) is 3.47. The number of hydrogen-bond donors (Lipinski definition) is 1. The van der Waals surface area contributed by atoms with Crippen LogP contribution >= 0.6 is 0 Å². The molecule has 0 aliphatic rings. The van der Waals surface area contributed by atoms with Crippen LogP contribution in [0.5, 0.6) is 5.75 Å². The lowest BCUT2D eigenvalue weighted by atomic mass is 10.2. The zero-order valence-corrected chi connectivity index (χ0v) is 9.32. The summed E-state index contributed by atoms with van der Waals surface area (Å²) in [6.07, 6.45) is 0. The predicted octanol–water partition coefficient (Wildman–Crippen LogP) is 0.968. The number of rotatable bonds is 3. The van der Waals surface area contributed by atoms with Gasteiger partial charge in [-0.1, -0.05) is 0 Å². The number of carbonyl (C=O) groups excluding carboxylic acids is 1. The molecule has 1 rings (SSSR count). The molecule has 0 aliphatic heterocycles. The molecule has 0 aromatic heterocycles. The van der Waals surface area contributed by atoms with Gasteiger partial charge < -0.3 is 9.84 Å². The number of halogens is 1. The molecule has 0 heterocycles. The first-order valence-corrected chi connectivity index (χ1v) is 5.60. The summed E-state index contributed by atoms with van der Waals surface area (Å²) < 4.78 is 38.3. The third-order valence-electron chi connectivity index (χ3n) is 1.72. The van der Waals surface area contributed by atoms with Crippen molar-refractivity contribution in [2.75, 3.05) is 0 Å². The minimum atomic E-state index is -5.01. The number of carboxylic acid groups (broad SMARTS) is 1. The van der Waals surface area contributed by atoms with Crippen LogP contribution in [0.4, 0.5) is 3.89 Å². The highest BCUT2D eigenvalue weighted by Crippen LogP contribution is 2.24. The SMILES string of the molecule is CC(=O)Oc1ccc(S(=O)(=O)F)cc1C(=O)O. The molecule has 1 aromatic rings. The summed E-state index contributed by atoms with van der Waals surface area (Å²) in [4.78, 5) is 20.6. The second-order valence-corrected chi connectivity index (χ2v) is 4.34. The van der Waals surface area contributed by atoms with Crippen molar-refractivity contribution < 1.29 is 31.7 Å². The minimum absolute atomic E-state index is 0.350. The highest BCUT2D eigenvalue weighted by atomic mass is 32.3. The van der Waals surface area contributed by atoms with Crippen molar-refractivity contribution in [2.24, 2.45) is 0 Å². The van der Waals surface area contributed by atoms with E-state index in [-0.39, 0.29) is 5.75 Å². The van der Waals surface area contributed by atoms with Crippen molar-refractivity contribution in [3.8, 4) is 5.75 Å². The van der Waals surface area contributed by atoms with Crippen LogP contribution in [0, 0.1) is 0 Å². The maximum Gasteiger partial charge on any atom is 0.339 e. The van der Waals surface area contributed by atoms with Crippen LogP contribution in [-0.4, -0.2) is 25.5 Å². The van der Waals surface area contributed by atoms with Gasteiger partial charge in [-0.3, -0.25) is 4.79 Å². The van der Waals surface area contributed by atoms with Crippen LogP contribution in [0.3, 0.4) is 0 Å². The number of esters is 1. The molecule has 0 radical (unpaired) electrons. The number of carbonyl (C=O) groups is 2. The van der Waals surface area contributed by atoms with E-state index in [1.54, 1.807) is 0 Å². The number of aromatic carboxylic acids is 1. The van der Waals surface area contributed by atoms with E-state index >= 15 is 0 Å². The van der Waals surface area contributed by atoms with Gasteiger partial charge in [0.2, 0.25) is 0 Å². The molecule has 1 aromatic carbocycles. The molecule has 0 aliphatic carbocycles. The zero-order valence-electron chi connectivity index (χ0n) is 8.51. The standard InChI is InChI=1S/C9H7FO6S/c1-5(11)16-8-3-2-6(17(10,14)15)4-7(8)9(12)13/h2-4H,1H3,(H,12,13). The van der Waals surface area contributed by atoms with E-state index in [2.05, 4.69) is 4.74 Å². The van der Waals surface area contributed by atoms with E-state index < -0.39 is 32.6 Å². The van der Waals surface area contributed by atoms with E-state index in [1.165, 1.54) is 0 Å². The first-order valence-electron chi connectivity index (χ1n) is 4.22. The Balaban J connectivity index is 3.37. The number of hydrogen-bond acceptors (Lipinski definition) is 5. The molecule has 0 fully saturated rings. The Morgan fingerprint density at radius 2 is 1.94 bits per heavy atom. The summed E-state index contributed by atoms with van der Waals surface area (Å²) in [7, 11) is -5.01. The van der Waals surface area contributed by atoms with E-state index in [4.69, 9.17) is 5.11 Å². The van der Waals surface area contributed by atoms with Gasteiger partial charge in [0.1, 0.15) is 11.3 Å². The Bertz CT molecular complexity index is 577. The molecule has 1 N–H and O–H groups in total. The van der Waals surface area contributed by atoms with Crippen molar-refractivity contribution >= 4 is 22.2 Å². The molecule has 0 spiro atoms. The summed E-state index contributed by atoms with van der Waals surface area (Å²) in [5.74, 6) is -2.66. The Morgan fingerprint density at radius 3 is 2.35 bits per heavy atom. The molecule has 8 heteroatoms. The van der Waals surface area contributed by atoms with Crippen molar-refractivity contribution in [1.29, 1.82) is 0 Å². The first-order chi connectivity index (χ1) is 7.71. The van der Waals surface area contributed by atoms with Gasteiger partial charge in [-0.05, 0) is 18.2 Å². The average Bonchev–Trinajstić information content (AvgIpc) is 2.15. The van der Waals surface area contributed by atoms with Crippen LogP contribution in [0.25, 0.3) is 0 Å². The fourth-order valence-electron chi connectivity index (χ4n) is 1.07. The van der Waals surface area contributed by atoms with Gasteiger partial charge >= 0.3 is 22.2 Å². The van der Waals surface area contributed by atoms with Gasteiger partial charge in [0.15, 0.2) is 0 Å². The summed E-state index contributed by atoms with van der Waals surface area (Å²) in [5.41, 5.74) is -0.612. The summed E-state index contributed by atoms with van der Waals surface area (Å²) >= 11 is 0. The Morgan fingerprint density at radius 1 is 1.35 bits per heavy atom. The van der Waals surface area contributed by atoms with Crippen molar-refractivity contribution in [3.05, 3.63) is 23.8 Å². The molecular weight excluding hydrogens is 255 g/mol. The van der Waals surface area contributed by atoms with Crippen molar-refractivity contribution in [1.82, 2.24) is 0 Å². The van der Waals surface area contributed by atoms with Gasteiger partial charge in [0, 0.05) is 6.92 Å². The monoisotopic (exact) mass is 262 g/mol. The van der Waals surface area contributed by atoms with Crippen molar-refractivity contribution in [3.63, 3.8) is 0 Å². The second-order valence-electron chi connectivity index (χ2n) is 2.99. The van der Waals surface area contributed by atoms with Crippen LogP contribution < -0.4 is 4.74 Å². The predicted molar refractivity (Wildman–Crippen MR) is 53.0 cm³/mol. The van der Waals surface area contributed by atoms with E-state index in [1.807, 2.05) is 0 Å². The molecule has 0 atom stereocenters. The van der Waals surface area contributed by atoms with Crippen LogP contribution in [0.1, 0.15) is 17.3 Å². The number of carboxylic acids is 1. The maximum absolute atomic E-state index is 12.6. The van der Waals surface area contributed by atoms with Gasteiger partial charge in [-0.15, -0.1) is 3.89 Å². The molecule has 17 heavy (non-hydrogen) atoms. The molecule has 0 saturated heterocycles. The fourth-order valence-corrected chi connectivity index (χ4v) is 1.56. The molecular formula is C9H7FO6S. The lowest BCUT2D eigenvalue weighted by Crippen LogP contribution is -2.08. The highest BCUT2D eigenvalue weighted by Gasteiger charge is 2.19. The van der Waals surface area contributed by atoms with Gasteiger partial charge in [-0.25, -0.2) is 4.79 Å². The lowest BCUT2D eigenvalue weighted by Gasteiger charge is -2.06. The molecule has 0 amide bonds. The van der Waals surface area contributed by atoms with E-state index in [9.17, 15) is 21.9 Å². The highest BCUT2D eigenvalue weighted by molar-refractivity contribution is 7.86. The lowest BCUT2D eigenvalue weighted by molar-refractivity contribution is -0.131. The normalized spacial score (nSPS) is 10.9. The number of ether oxygens (including phenoxy) is 1. The first kappa shape index (κ1) is 13.1. The molecule has 0 saturated carbocycles. The van der Waals surface area contributed by atoms with Gasteiger partial charge in [0.05, 0.1) is 4.90 Å². The smallest absolute Gasteiger partial charge is 0.339 e. The summed E-state index contributed by atoms with van der Waals surface area (Å²) in [5, 5.41) is 8.76.